The standard InChI is InChI=1S/C49H41N5O7S3/c1-59-53-39(36-29-63-48(50-36)52-49(33-21-11-4-12-22-33,34-23-13-5-14-24-34)35-25-15-6-16-26-35)43(55)51-40-44(56)54-41(38(30-62-45(40)54)64-37-27-28-60-46(37)57)47(58)61-42(31-17-7-2-8-18-31)32-19-9-3-10-20-32/h2-26,29,37,40,42,45H,27-28,30H2,1H3,(H,50,52)(H,51,55)/t37?,40-,45+/m1/s1. The van der Waals surface area contributed by atoms with Gasteiger partial charge in [0.15, 0.2) is 16.9 Å². The number of fused-ring (bicyclic) bond motifs is 1. The summed E-state index contributed by atoms with van der Waals surface area (Å²) in [7, 11) is 1.33. The Hall–Kier alpha value is -6.68. The van der Waals surface area contributed by atoms with Gasteiger partial charge in [-0.1, -0.05) is 157 Å². The van der Waals surface area contributed by atoms with Crippen LogP contribution < -0.4 is 10.6 Å². The van der Waals surface area contributed by atoms with Crippen LogP contribution >= 0.6 is 34.9 Å². The van der Waals surface area contributed by atoms with Gasteiger partial charge < -0.3 is 24.9 Å². The van der Waals surface area contributed by atoms with E-state index in [1.165, 1.54) is 46.9 Å². The summed E-state index contributed by atoms with van der Waals surface area (Å²) >= 11 is 3.88. The number of esters is 2. The van der Waals surface area contributed by atoms with Gasteiger partial charge in [0, 0.05) is 22.5 Å². The highest BCUT2D eigenvalue weighted by atomic mass is 32.2. The lowest BCUT2D eigenvalue weighted by molar-refractivity contribution is -0.154. The fourth-order valence-electron chi connectivity index (χ4n) is 8.06. The largest absolute Gasteiger partial charge is 0.465 e. The summed E-state index contributed by atoms with van der Waals surface area (Å²) < 4.78 is 11.5. The molecule has 1 aromatic heterocycles. The smallest absolute Gasteiger partial charge is 0.356 e. The second kappa shape index (κ2) is 19.0. The maximum absolute atomic E-state index is 14.5. The van der Waals surface area contributed by atoms with Gasteiger partial charge in [0.05, 0.1) is 6.61 Å². The van der Waals surface area contributed by atoms with Crippen LogP contribution in [0.2, 0.25) is 0 Å². The minimum Gasteiger partial charge on any atom is -0.465 e. The van der Waals surface area contributed by atoms with Crippen molar-refractivity contribution in [2.24, 2.45) is 5.16 Å². The summed E-state index contributed by atoms with van der Waals surface area (Å²) in [5, 5.41) is 11.7. The van der Waals surface area contributed by atoms with Gasteiger partial charge in [-0.2, -0.15) is 0 Å². The highest BCUT2D eigenvalue weighted by Gasteiger charge is 2.55. The summed E-state index contributed by atoms with van der Waals surface area (Å²) in [6, 6.07) is 47.9. The van der Waals surface area contributed by atoms with Gasteiger partial charge in [-0.3, -0.25) is 19.3 Å². The minimum absolute atomic E-state index is 0.0422. The molecule has 4 heterocycles. The molecule has 3 aliphatic rings. The number of thioether (sulfide) groups is 2. The minimum atomic E-state index is -1.03. The molecule has 0 saturated carbocycles. The van der Waals surface area contributed by atoms with Crippen LogP contribution in [0.25, 0.3) is 0 Å². The predicted molar refractivity (Wildman–Crippen MR) is 248 cm³/mol. The van der Waals surface area contributed by atoms with Crippen molar-refractivity contribution in [3.05, 3.63) is 201 Å². The monoisotopic (exact) mass is 907 g/mol. The summed E-state index contributed by atoms with van der Waals surface area (Å²) in [6.07, 6.45) is -0.318. The SMILES string of the molecule is CON=C(C(=O)N[C@@H]1C(=O)N2C(C(=O)OC(c3ccccc3)c3ccccc3)=C(SC3CCOC3=O)CS[C@@H]12)c1csc(NC(c2ccccc2)(c2ccccc2)c2ccccc2)n1. The number of cyclic esters (lactones) is 1. The van der Waals surface area contributed by atoms with E-state index in [1.54, 1.807) is 5.38 Å². The van der Waals surface area contributed by atoms with Crippen LogP contribution in [0.3, 0.4) is 0 Å². The maximum Gasteiger partial charge on any atom is 0.356 e. The first-order chi connectivity index (χ1) is 31.4. The highest BCUT2D eigenvalue weighted by Crippen LogP contribution is 2.47. The third-order valence-corrected chi connectivity index (χ3v) is 14.6. The van der Waals surface area contributed by atoms with Crippen molar-refractivity contribution >= 4 is 69.5 Å². The molecule has 12 nitrogen and oxygen atoms in total. The van der Waals surface area contributed by atoms with Crippen LogP contribution in [0, 0.1) is 0 Å². The molecular formula is C49H41N5O7S3. The average molecular weight is 908 g/mol. The Labute approximate surface area is 382 Å². The number of β-lactam (4-membered cyclic amide) rings is 1. The lowest BCUT2D eigenvalue weighted by Crippen LogP contribution is -2.71. The Morgan fingerprint density at radius 3 is 1.89 bits per heavy atom. The lowest BCUT2D eigenvalue weighted by Gasteiger charge is -2.49. The van der Waals surface area contributed by atoms with Gasteiger partial charge in [-0.05, 0) is 27.8 Å². The van der Waals surface area contributed by atoms with E-state index in [-0.39, 0.29) is 35.4 Å². The molecule has 9 rings (SSSR count). The molecule has 3 aliphatic heterocycles. The summed E-state index contributed by atoms with van der Waals surface area (Å²) in [5.74, 6) is -2.02. The van der Waals surface area contributed by atoms with Crippen molar-refractivity contribution in [3.63, 3.8) is 0 Å². The summed E-state index contributed by atoms with van der Waals surface area (Å²) in [4.78, 5) is 67.5. The fraction of sp³-hybridized carbons (Fsp3) is 0.184. The maximum atomic E-state index is 14.5. The Bertz CT molecular complexity index is 2570. The Balaban J connectivity index is 0.983. The number of nitrogens with one attached hydrogen (secondary N) is 2. The first-order valence-corrected chi connectivity index (χ1v) is 23.3. The van der Waals surface area contributed by atoms with Crippen LogP contribution in [-0.2, 0) is 39.0 Å². The number of amides is 2. The number of aromatic nitrogens is 1. The second-order valence-electron chi connectivity index (χ2n) is 14.9. The number of rotatable bonds is 15. The molecule has 0 aliphatic carbocycles. The number of nitrogens with zero attached hydrogens (tertiary/aromatic N) is 3. The van der Waals surface area contributed by atoms with E-state index >= 15 is 0 Å². The number of hydrogen-bond donors (Lipinski definition) is 2. The number of benzene rings is 5. The van der Waals surface area contributed by atoms with E-state index in [4.69, 9.17) is 19.3 Å². The molecule has 0 bridgehead atoms. The zero-order valence-electron chi connectivity index (χ0n) is 34.4. The third-order valence-electron chi connectivity index (χ3n) is 11.1. The molecule has 3 atom stereocenters. The molecule has 322 valence electrons. The number of hydrogen-bond acceptors (Lipinski definition) is 13. The van der Waals surface area contributed by atoms with Crippen molar-refractivity contribution in [1.82, 2.24) is 15.2 Å². The molecule has 6 aromatic rings. The predicted octanol–water partition coefficient (Wildman–Crippen LogP) is 7.89. The normalized spacial score (nSPS) is 18.5. The fourth-order valence-corrected chi connectivity index (χ4v) is 11.5. The van der Waals surface area contributed by atoms with Crippen LogP contribution in [0.1, 0.15) is 46.0 Å². The topological polar surface area (TPSA) is 149 Å². The van der Waals surface area contributed by atoms with Gasteiger partial charge in [0.25, 0.3) is 11.8 Å². The Morgan fingerprint density at radius 1 is 0.828 bits per heavy atom. The molecule has 15 heteroatoms. The van der Waals surface area contributed by atoms with Crippen molar-refractivity contribution in [2.45, 2.75) is 34.7 Å². The molecule has 64 heavy (non-hydrogen) atoms. The third kappa shape index (κ3) is 8.41. The number of carbonyl (C=O) groups excluding carboxylic acids is 4. The van der Waals surface area contributed by atoms with E-state index in [9.17, 15) is 19.2 Å². The van der Waals surface area contributed by atoms with Crippen LogP contribution in [0.5, 0.6) is 0 Å². The zero-order chi connectivity index (χ0) is 44.0. The summed E-state index contributed by atoms with van der Waals surface area (Å²) in [6.45, 7) is 0.274. The van der Waals surface area contributed by atoms with Gasteiger partial charge in [-0.15, -0.1) is 34.9 Å². The van der Waals surface area contributed by atoms with E-state index in [1.807, 2.05) is 115 Å². The Morgan fingerprint density at radius 2 is 1.38 bits per heavy atom. The number of oxime groups is 1. The molecule has 2 N–H and O–H groups in total. The van der Waals surface area contributed by atoms with Crippen LogP contribution in [0.15, 0.2) is 173 Å². The van der Waals surface area contributed by atoms with Crippen molar-refractivity contribution < 1.29 is 33.5 Å². The lowest BCUT2D eigenvalue weighted by atomic mass is 9.77. The Kier molecular flexibility index (Phi) is 12.6. The molecule has 1 unspecified atom stereocenters. The number of carbonyl (C=O) groups is 4. The molecule has 5 aromatic carbocycles. The number of ether oxygens (including phenoxy) is 2. The highest BCUT2D eigenvalue weighted by molar-refractivity contribution is 8.07. The first-order valence-electron chi connectivity index (χ1n) is 20.5. The van der Waals surface area contributed by atoms with Crippen molar-refractivity contribution in [2.75, 3.05) is 24.8 Å². The quantitative estimate of drug-likeness (QED) is 0.0341. The average Bonchev–Trinajstić information content (AvgIpc) is 3.99. The number of thiazole rings is 1. The van der Waals surface area contributed by atoms with E-state index in [0.29, 0.717) is 16.5 Å². The molecule has 2 saturated heterocycles. The zero-order valence-corrected chi connectivity index (χ0v) is 36.8. The van der Waals surface area contributed by atoms with E-state index in [0.717, 1.165) is 27.8 Å². The number of anilines is 1. The van der Waals surface area contributed by atoms with Crippen LogP contribution in [0.4, 0.5) is 5.13 Å². The van der Waals surface area contributed by atoms with Gasteiger partial charge in [0.1, 0.15) is 40.7 Å². The summed E-state index contributed by atoms with van der Waals surface area (Å²) in [5.41, 5.74) is 3.68. The molecule has 2 amide bonds. The van der Waals surface area contributed by atoms with Gasteiger partial charge in [0.2, 0.25) is 0 Å². The van der Waals surface area contributed by atoms with Crippen molar-refractivity contribution in [3.8, 4) is 0 Å². The van der Waals surface area contributed by atoms with Gasteiger partial charge in [-0.25, -0.2) is 9.78 Å². The first kappa shape index (κ1) is 42.6. The van der Waals surface area contributed by atoms with Gasteiger partial charge >= 0.3 is 11.9 Å². The molecule has 0 spiro atoms. The van der Waals surface area contributed by atoms with E-state index in [2.05, 4.69) is 52.2 Å². The molecule has 0 radical (unpaired) electrons. The van der Waals surface area contributed by atoms with Crippen molar-refractivity contribution in [1.29, 1.82) is 0 Å². The molecule has 2 fully saturated rings. The molecular weight excluding hydrogens is 867 g/mol. The van der Waals surface area contributed by atoms with E-state index < -0.39 is 46.1 Å². The second-order valence-corrected chi connectivity index (χ2v) is 18.2. The van der Waals surface area contributed by atoms with Crippen LogP contribution in [-0.4, -0.2) is 75.5 Å².